The van der Waals surface area contributed by atoms with Crippen molar-refractivity contribution in [2.24, 2.45) is 7.05 Å². The summed E-state index contributed by atoms with van der Waals surface area (Å²) < 4.78 is 18.5. The van der Waals surface area contributed by atoms with Gasteiger partial charge in [-0.25, -0.2) is 4.79 Å². The summed E-state index contributed by atoms with van der Waals surface area (Å²) in [6.07, 6.45) is 10.2. The number of methoxy groups -OCH3 is 2. The zero-order chi connectivity index (χ0) is 34.0. The lowest BCUT2D eigenvalue weighted by Gasteiger charge is -2.20. The van der Waals surface area contributed by atoms with Crippen LogP contribution in [0.1, 0.15) is 88.8 Å². The Bertz CT molecular complexity index is 1540. The second-order valence-corrected chi connectivity index (χ2v) is 13.5. The first-order chi connectivity index (χ1) is 21.7. The smallest absolute Gasteiger partial charge is 0.407 e. The number of amides is 1. The Kier molecular flexibility index (Phi) is 13.3. The van der Waals surface area contributed by atoms with Crippen molar-refractivity contribution in [1.29, 1.82) is 0 Å². The molecule has 1 heterocycles. The van der Waals surface area contributed by atoms with E-state index in [2.05, 4.69) is 29.8 Å². The van der Waals surface area contributed by atoms with E-state index in [1.165, 1.54) is 12.8 Å². The number of carbonyl (C=O) groups excluding carboxylic acids is 1. The van der Waals surface area contributed by atoms with Crippen LogP contribution in [0.4, 0.5) is 4.79 Å². The molecule has 8 heteroatoms. The highest BCUT2D eigenvalue weighted by Crippen LogP contribution is 2.38. The average Bonchev–Trinajstić information content (AvgIpc) is 2.98. The summed E-state index contributed by atoms with van der Waals surface area (Å²) in [5, 5.41) is 4.41. The van der Waals surface area contributed by atoms with Crippen LogP contribution in [0.2, 0.25) is 0 Å². The third-order valence-electron chi connectivity index (χ3n) is 8.13. The van der Waals surface area contributed by atoms with Crippen LogP contribution >= 0.6 is 0 Å². The van der Waals surface area contributed by atoms with Gasteiger partial charge in [-0.3, -0.25) is 4.79 Å². The summed E-state index contributed by atoms with van der Waals surface area (Å²) in [7, 11) is 9.17. The van der Waals surface area contributed by atoms with Crippen LogP contribution in [0.15, 0.2) is 41.8 Å². The van der Waals surface area contributed by atoms with Gasteiger partial charge in [0.25, 0.3) is 5.56 Å². The normalized spacial score (nSPS) is 11.6. The summed E-state index contributed by atoms with van der Waals surface area (Å²) in [5.41, 5.74) is 5.59. The molecule has 46 heavy (non-hydrogen) atoms. The van der Waals surface area contributed by atoms with E-state index in [1.54, 1.807) is 25.8 Å². The second-order valence-electron chi connectivity index (χ2n) is 13.5. The summed E-state index contributed by atoms with van der Waals surface area (Å²) in [6, 6.07) is 8.21. The fourth-order valence-corrected chi connectivity index (χ4v) is 5.83. The van der Waals surface area contributed by atoms with Crippen LogP contribution in [0, 0.1) is 6.92 Å². The van der Waals surface area contributed by atoms with Crippen LogP contribution < -0.4 is 20.3 Å². The first-order valence-corrected chi connectivity index (χ1v) is 16.4. The van der Waals surface area contributed by atoms with Gasteiger partial charge in [0.1, 0.15) is 17.1 Å². The zero-order valence-corrected chi connectivity index (χ0v) is 29.6. The largest absolute Gasteiger partial charge is 0.496 e. The molecule has 0 saturated heterocycles. The molecule has 0 aliphatic rings. The van der Waals surface area contributed by atoms with Crippen molar-refractivity contribution in [2.75, 3.05) is 34.9 Å². The second kappa shape index (κ2) is 16.7. The van der Waals surface area contributed by atoms with Gasteiger partial charge < -0.3 is 29.0 Å². The number of aromatic nitrogens is 1. The molecule has 3 aromatic rings. The first kappa shape index (κ1) is 36.7. The van der Waals surface area contributed by atoms with Gasteiger partial charge in [0, 0.05) is 37.3 Å². The van der Waals surface area contributed by atoms with Gasteiger partial charge in [0.15, 0.2) is 0 Å². The van der Waals surface area contributed by atoms with Gasteiger partial charge >= 0.3 is 6.09 Å². The summed E-state index contributed by atoms with van der Waals surface area (Å²) in [5.74, 6) is 1.50. The predicted molar refractivity (Wildman–Crippen MR) is 190 cm³/mol. The monoisotopic (exact) mass is 633 g/mol. The average molecular weight is 634 g/mol. The van der Waals surface area contributed by atoms with Crippen molar-refractivity contribution in [1.82, 2.24) is 14.8 Å². The third-order valence-corrected chi connectivity index (χ3v) is 8.13. The van der Waals surface area contributed by atoms with Gasteiger partial charge in [-0.05, 0) is 113 Å². The number of pyridine rings is 1. The first-order valence-electron chi connectivity index (χ1n) is 16.4. The van der Waals surface area contributed by atoms with Crippen molar-refractivity contribution in [2.45, 2.75) is 91.2 Å². The number of ether oxygens (including phenoxy) is 3. The van der Waals surface area contributed by atoms with Crippen molar-refractivity contribution in [3.63, 3.8) is 0 Å². The van der Waals surface area contributed by atoms with Crippen molar-refractivity contribution >= 4 is 22.4 Å². The van der Waals surface area contributed by atoms with E-state index in [0.29, 0.717) is 18.5 Å². The number of rotatable bonds is 16. The highest BCUT2D eigenvalue weighted by Gasteiger charge is 2.19. The lowest BCUT2D eigenvalue weighted by molar-refractivity contribution is 0.0527. The number of fused-ring (bicyclic) bond motifs is 1. The van der Waals surface area contributed by atoms with Crippen LogP contribution in [0.5, 0.6) is 11.5 Å². The Labute approximate surface area is 275 Å². The van der Waals surface area contributed by atoms with E-state index < -0.39 is 5.60 Å². The maximum Gasteiger partial charge on any atom is 0.407 e. The third kappa shape index (κ3) is 10.1. The number of hydrogen-bond donors (Lipinski definition) is 1. The number of alkyl carbamates (subject to hydrolysis) is 1. The molecule has 0 bridgehead atoms. The SMILES string of the molecule is C=C(CCCCCCCCCNC(=O)OC(C)(C)C)c1cc2c(=O)n(C)cc(-c3cc(OC)c(CN(C)C)c(OC)c3)c2cc1C. The van der Waals surface area contributed by atoms with Gasteiger partial charge in [-0.2, -0.15) is 0 Å². The Morgan fingerprint density at radius 3 is 2.07 bits per heavy atom. The molecule has 0 aliphatic heterocycles. The summed E-state index contributed by atoms with van der Waals surface area (Å²) in [6.45, 7) is 13.4. The number of hydrogen-bond acceptors (Lipinski definition) is 6. The van der Waals surface area contributed by atoms with E-state index in [4.69, 9.17) is 14.2 Å². The Morgan fingerprint density at radius 1 is 0.913 bits per heavy atom. The number of nitrogens with one attached hydrogen (secondary N) is 1. The molecule has 0 aliphatic carbocycles. The number of nitrogens with zero attached hydrogens (tertiary/aromatic N) is 2. The Balaban J connectivity index is 1.64. The molecule has 0 radical (unpaired) electrons. The Morgan fingerprint density at radius 2 is 1.50 bits per heavy atom. The van der Waals surface area contributed by atoms with Crippen molar-refractivity contribution < 1.29 is 19.0 Å². The molecule has 1 N–H and O–H groups in total. The van der Waals surface area contributed by atoms with E-state index in [-0.39, 0.29) is 11.7 Å². The molecule has 2 aromatic carbocycles. The maximum absolute atomic E-state index is 13.4. The van der Waals surface area contributed by atoms with E-state index >= 15 is 0 Å². The lowest BCUT2D eigenvalue weighted by Crippen LogP contribution is -2.32. The molecular formula is C38H55N3O5. The maximum atomic E-state index is 13.4. The molecule has 1 aromatic heterocycles. The van der Waals surface area contributed by atoms with E-state index in [9.17, 15) is 9.59 Å². The van der Waals surface area contributed by atoms with Crippen molar-refractivity contribution in [3.8, 4) is 22.6 Å². The van der Waals surface area contributed by atoms with Gasteiger partial charge in [0.05, 0.1) is 19.8 Å². The van der Waals surface area contributed by atoms with Crippen LogP contribution in [-0.4, -0.2) is 56.0 Å². The minimum absolute atomic E-state index is 0.0303. The van der Waals surface area contributed by atoms with Crippen LogP contribution in [0.25, 0.3) is 27.5 Å². The fraction of sp³-hybridized carbons (Fsp3) is 0.526. The van der Waals surface area contributed by atoms with Gasteiger partial charge in [-0.1, -0.05) is 38.7 Å². The quantitative estimate of drug-likeness (QED) is 0.160. The van der Waals surface area contributed by atoms with Gasteiger partial charge in [0.2, 0.25) is 0 Å². The topological polar surface area (TPSA) is 82.0 Å². The number of allylic oxidation sites excluding steroid dienone is 1. The van der Waals surface area contributed by atoms with E-state index in [1.807, 2.05) is 59.3 Å². The molecule has 0 fully saturated rings. The van der Waals surface area contributed by atoms with Crippen LogP contribution in [0.3, 0.4) is 0 Å². The minimum atomic E-state index is -0.466. The molecular weight excluding hydrogens is 578 g/mol. The highest BCUT2D eigenvalue weighted by molar-refractivity contribution is 5.98. The molecule has 0 unspecified atom stereocenters. The molecule has 0 saturated carbocycles. The summed E-state index contributed by atoms with van der Waals surface area (Å²) >= 11 is 0. The van der Waals surface area contributed by atoms with Gasteiger partial charge in [-0.15, -0.1) is 0 Å². The molecule has 0 atom stereocenters. The minimum Gasteiger partial charge on any atom is -0.496 e. The predicted octanol–water partition coefficient (Wildman–Crippen LogP) is 8.25. The number of unbranched alkanes of at least 4 members (excludes halogenated alkanes) is 6. The van der Waals surface area contributed by atoms with E-state index in [0.717, 1.165) is 88.8 Å². The number of carbonyl (C=O) groups is 1. The fourth-order valence-electron chi connectivity index (χ4n) is 5.83. The standard InChI is InChI=1S/C38H55N3O5/c1-26(18-16-14-12-11-13-15-17-19-39-37(43)46-38(3,4)5)29-23-31-30(20-27(29)2)32(25-41(8)36(31)42)28-21-34(44-9)33(24-40(6)7)35(22-28)45-10/h20-23,25H,1,11-19,24H2,2-10H3,(H,39,43). The molecule has 8 nitrogen and oxygen atoms in total. The lowest BCUT2D eigenvalue weighted by atomic mass is 9.91. The highest BCUT2D eigenvalue weighted by atomic mass is 16.6. The van der Waals surface area contributed by atoms with Crippen LogP contribution in [-0.2, 0) is 18.3 Å². The number of benzene rings is 2. The molecule has 0 spiro atoms. The summed E-state index contributed by atoms with van der Waals surface area (Å²) in [4.78, 5) is 27.2. The van der Waals surface area contributed by atoms with Crippen molar-refractivity contribution in [3.05, 3.63) is 64.1 Å². The Hall–Kier alpha value is -3.78. The number of aryl methyl sites for hydroxylation is 2. The molecule has 252 valence electrons. The molecule has 3 rings (SSSR count). The molecule has 1 amide bonds. The zero-order valence-electron chi connectivity index (χ0n) is 29.6.